The Morgan fingerprint density at radius 1 is 1.00 bits per heavy atom. The van der Waals surface area contributed by atoms with Gasteiger partial charge >= 0.3 is 5.97 Å². The monoisotopic (exact) mass is 354 g/mol. The molecule has 2 heterocycles. The van der Waals surface area contributed by atoms with E-state index in [0.717, 1.165) is 0 Å². The van der Waals surface area contributed by atoms with Crippen molar-refractivity contribution in [1.82, 2.24) is 5.32 Å². The van der Waals surface area contributed by atoms with Crippen molar-refractivity contribution in [2.75, 3.05) is 19.5 Å². The van der Waals surface area contributed by atoms with Crippen LogP contribution in [0.25, 0.3) is 0 Å². The number of esters is 1. The molecule has 2 amide bonds. The molecule has 2 aromatic rings. The minimum Gasteiger partial charge on any atom is -0.493 e. The number of nitrogens with one attached hydrogen (secondary N) is 2. The summed E-state index contributed by atoms with van der Waals surface area (Å²) in [4.78, 5) is 35.7. The molecule has 0 aromatic heterocycles. The first kappa shape index (κ1) is 15.9. The molecule has 26 heavy (non-hydrogen) atoms. The number of hydrogen-bond donors (Lipinski definition) is 2. The second-order valence-electron chi connectivity index (χ2n) is 5.74. The van der Waals surface area contributed by atoms with Gasteiger partial charge in [0, 0.05) is 11.3 Å². The molecule has 4 rings (SSSR count). The predicted octanol–water partition coefficient (Wildman–Crippen LogP) is 1.87. The largest absolute Gasteiger partial charge is 0.493 e. The van der Waals surface area contributed by atoms with E-state index in [2.05, 4.69) is 10.6 Å². The molecule has 0 aliphatic carbocycles. The summed E-state index contributed by atoms with van der Waals surface area (Å²) in [6, 6.07) is 8.13. The molecule has 0 saturated heterocycles. The highest BCUT2D eigenvalue weighted by Gasteiger charge is 2.36. The molecule has 8 nitrogen and oxygen atoms in total. The molecular weight excluding hydrogens is 340 g/mol. The third kappa shape index (κ3) is 2.26. The third-order valence-electron chi connectivity index (χ3n) is 4.32. The highest BCUT2D eigenvalue weighted by Crippen LogP contribution is 2.42. The summed E-state index contributed by atoms with van der Waals surface area (Å²) in [5, 5.41) is 5.28. The fourth-order valence-corrected chi connectivity index (χ4v) is 3.12. The lowest BCUT2D eigenvalue weighted by Gasteiger charge is -2.15. The van der Waals surface area contributed by atoms with E-state index in [0.29, 0.717) is 33.9 Å². The van der Waals surface area contributed by atoms with Gasteiger partial charge in [-0.05, 0) is 30.3 Å². The molecule has 2 aliphatic rings. The van der Waals surface area contributed by atoms with Gasteiger partial charge in [-0.25, -0.2) is 4.79 Å². The van der Waals surface area contributed by atoms with Crippen LogP contribution in [0.4, 0.5) is 5.69 Å². The Kier molecular flexibility index (Phi) is 3.54. The van der Waals surface area contributed by atoms with Gasteiger partial charge in [-0.3, -0.25) is 14.9 Å². The Labute approximate surface area is 148 Å². The third-order valence-corrected chi connectivity index (χ3v) is 4.32. The topological polar surface area (TPSA) is 103 Å². The summed E-state index contributed by atoms with van der Waals surface area (Å²) in [5.74, 6) is -0.688. The fraction of sp³-hybridized carbons (Fsp3) is 0.167. The molecule has 0 spiro atoms. The van der Waals surface area contributed by atoms with Crippen LogP contribution in [0.3, 0.4) is 0 Å². The van der Waals surface area contributed by atoms with Crippen LogP contribution in [0.2, 0.25) is 0 Å². The average molecular weight is 354 g/mol. The van der Waals surface area contributed by atoms with Crippen molar-refractivity contribution < 1.29 is 28.6 Å². The Hall–Kier alpha value is -3.55. The Balaban J connectivity index is 1.69. The molecule has 1 atom stereocenters. The van der Waals surface area contributed by atoms with E-state index in [1.165, 1.54) is 14.2 Å². The number of hydrogen-bond acceptors (Lipinski definition) is 7. The zero-order chi connectivity index (χ0) is 18.4. The minimum absolute atomic E-state index is 0.275. The smallest absolute Gasteiger partial charge is 0.344 e. The van der Waals surface area contributed by atoms with Crippen LogP contribution in [0.15, 0.2) is 30.3 Å². The van der Waals surface area contributed by atoms with Crippen LogP contribution < -0.4 is 20.1 Å². The number of imide groups is 1. The van der Waals surface area contributed by atoms with Crippen LogP contribution in [-0.4, -0.2) is 32.0 Å². The molecule has 8 heteroatoms. The van der Waals surface area contributed by atoms with Crippen molar-refractivity contribution in [3.8, 4) is 11.5 Å². The molecule has 132 valence electrons. The molecule has 2 N–H and O–H groups in total. The summed E-state index contributed by atoms with van der Waals surface area (Å²) in [5.41, 5.74) is 2.01. The molecule has 0 fully saturated rings. The van der Waals surface area contributed by atoms with Gasteiger partial charge < -0.3 is 19.5 Å². The van der Waals surface area contributed by atoms with Crippen LogP contribution >= 0.6 is 0 Å². The second kappa shape index (κ2) is 5.76. The van der Waals surface area contributed by atoms with E-state index >= 15 is 0 Å². The first-order chi connectivity index (χ1) is 12.5. The summed E-state index contributed by atoms with van der Waals surface area (Å²) in [7, 11) is 2.93. The lowest BCUT2D eigenvalue weighted by molar-refractivity contribution is 0.0434. The lowest BCUT2D eigenvalue weighted by Crippen LogP contribution is -2.19. The van der Waals surface area contributed by atoms with Crippen molar-refractivity contribution in [3.05, 3.63) is 52.6 Å². The van der Waals surface area contributed by atoms with Crippen LogP contribution in [-0.2, 0) is 4.74 Å². The summed E-state index contributed by atoms with van der Waals surface area (Å²) in [6.07, 6.45) is -0.754. The maximum absolute atomic E-state index is 12.3. The number of benzene rings is 2. The van der Waals surface area contributed by atoms with E-state index in [1.54, 1.807) is 30.3 Å². The zero-order valence-electron chi connectivity index (χ0n) is 13.9. The van der Waals surface area contributed by atoms with Crippen molar-refractivity contribution in [1.29, 1.82) is 0 Å². The van der Waals surface area contributed by atoms with E-state index in [-0.39, 0.29) is 5.56 Å². The van der Waals surface area contributed by atoms with E-state index in [4.69, 9.17) is 14.2 Å². The zero-order valence-corrected chi connectivity index (χ0v) is 13.9. The van der Waals surface area contributed by atoms with Gasteiger partial charge in [-0.15, -0.1) is 0 Å². The molecule has 0 bridgehead atoms. The first-order valence-electron chi connectivity index (χ1n) is 7.75. The highest BCUT2D eigenvalue weighted by atomic mass is 16.6. The van der Waals surface area contributed by atoms with E-state index in [1.807, 2.05) is 0 Å². The summed E-state index contributed by atoms with van der Waals surface area (Å²) in [6.45, 7) is 0. The normalized spacial score (nSPS) is 17.3. The number of ether oxygens (including phenoxy) is 3. The number of rotatable bonds is 4. The van der Waals surface area contributed by atoms with Crippen molar-refractivity contribution >= 4 is 23.5 Å². The lowest BCUT2D eigenvalue weighted by atomic mass is 10.1. The van der Waals surface area contributed by atoms with Gasteiger partial charge in [0.15, 0.2) is 11.5 Å². The van der Waals surface area contributed by atoms with Crippen LogP contribution in [0.5, 0.6) is 11.5 Å². The van der Waals surface area contributed by atoms with Gasteiger partial charge in [-0.1, -0.05) is 0 Å². The number of anilines is 1. The first-order valence-corrected chi connectivity index (χ1v) is 7.75. The van der Waals surface area contributed by atoms with E-state index < -0.39 is 24.0 Å². The standard InChI is InChI=1S/C18H14N2O6/c1-24-12-6-5-10-13(14(12)25-2)18(23)26-17(10)19-8-3-4-9-11(7-8)16(22)20-15(9)21/h3-7,17,19H,1-2H3,(H,20,21,22)/t17-/m1/s1. The molecule has 0 radical (unpaired) electrons. The Bertz CT molecular complexity index is 968. The minimum atomic E-state index is -0.754. The number of amides is 2. The molecule has 2 aromatic carbocycles. The summed E-state index contributed by atoms with van der Waals surface area (Å²) >= 11 is 0. The maximum atomic E-state index is 12.3. The highest BCUT2D eigenvalue weighted by molar-refractivity contribution is 6.21. The second-order valence-corrected chi connectivity index (χ2v) is 5.74. The van der Waals surface area contributed by atoms with Crippen LogP contribution in [0.1, 0.15) is 42.9 Å². The van der Waals surface area contributed by atoms with Crippen molar-refractivity contribution in [2.45, 2.75) is 6.23 Å². The fourth-order valence-electron chi connectivity index (χ4n) is 3.12. The van der Waals surface area contributed by atoms with E-state index in [9.17, 15) is 14.4 Å². The van der Waals surface area contributed by atoms with Crippen LogP contribution in [0, 0.1) is 0 Å². The molecule has 2 aliphatic heterocycles. The Morgan fingerprint density at radius 2 is 1.77 bits per heavy atom. The number of methoxy groups -OCH3 is 2. The van der Waals surface area contributed by atoms with Gasteiger partial charge in [0.2, 0.25) is 6.23 Å². The van der Waals surface area contributed by atoms with Gasteiger partial charge in [0.1, 0.15) is 5.56 Å². The number of cyclic esters (lactones) is 1. The van der Waals surface area contributed by atoms with Gasteiger partial charge in [-0.2, -0.15) is 0 Å². The summed E-state index contributed by atoms with van der Waals surface area (Å²) < 4.78 is 15.9. The maximum Gasteiger partial charge on any atom is 0.344 e. The number of carbonyl (C=O) groups excluding carboxylic acids is 3. The molecule has 0 saturated carbocycles. The number of carbonyl (C=O) groups is 3. The predicted molar refractivity (Wildman–Crippen MR) is 89.6 cm³/mol. The molecule has 0 unspecified atom stereocenters. The van der Waals surface area contributed by atoms with Gasteiger partial charge in [0.25, 0.3) is 11.8 Å². The SMILES string of the molecule is COc1ccc2c(c1OC)C(=O)O[C@H]2Nc1ccc2c(c1)C(=O)NC2=O. The molecular formula is C18H14N2O6. The van der Waals surface area contributed by atoms with Crippen molar-refractivity contribution in [3.63, 3.8) is 0 Å². The Morgan fingerprint density at radius 3 is 2.50 bits per heavy atom. The number of fused-ring (bicyclic) bond motifs is 2. The van der Waals surface area contributed by atoms with Crippen molar-refractivity contribution in [2.24, 2.45) is 0 Å². The quantitative estimate of drug-likeness (QED) is 0.638. The van der Waals surface area contributed by atoms with Gasteiger partial charge in [0.05, 0.1) is 25.3 Å². The average Bonchev–Trinajstić information content (AvgIpc) is 3.10.